The van der Waals surface area contributed by atoms with Crippen LogP contribution in [-0.2, 0) is 6.54 Å². The highest BCUT2D eigenvalue weighted by Crippen LogP contribution is 2.24. The molecule has 1 heterocycles. The minimum Gasteiger partial charge on any atom is -0.315 e. The van der Waals surface area contributed by atoms with Crippen LogP contribution in [0.1, 0.15) is 31.7 Å². The van der Waals surface area contributed by atoms with Gasteiger partial charge in [-0.05, 0) is 43.6 Å². The Bertz CT molecular complexity index is 411. The molecular weight excluding hydrogens is 307 g/mol. The first-order valence-corrected chi connectivity index (χ1v) is 7.88. The number of rotatable bonds is 5. The molecule has 1 aromatic carbocycles. The molecule has 1 fully saturated rings. The van der Waals surface area contributed by atoms with E-state index in [2.05, 4.69) is 33.1 Å². The third-order valence-electron chi connectivity index (χ3n) is 3.77. The average molecular weight is 329 g/mol. The third-order valence-corrected chi connectivity index (χ3v) is 4.51. The number of benzene rings is 1. The molecule has 2 nitrogen and oxygen atoms in total. The van der Waals surface area contributed by atoms with Crippen molar-refractivity contribution in [2.24, 2.45) is 0 Å². The summed E-state index contributed by atoms with van der Waals surface area (Å²) in [4.78, 5) is 2.52. The molecule has 19 heavy (non-hydrogen) atoms. The standard InChI is InChI=1S/C15H22BrFN2/c1-2-18-10-14-5-3-4-8-19(14)11-12-6-7-13(17)9-15(12)16/h6-7,9,14,18H,2-5,8,10-11H2,1H3. The van der Waals surface area contributed by atoms with Crippen LogP contribution in [0.15, 0.2) is 22.7 Å². The van der Waals surface area contributed by atoms with Gasteiger partial charge in [0.2, 0.25) is 0 Å². The predicted octanol–water partition coefficient (Wildman–Crippen LogP) is 3.55. The summed E-state index contributed by atoms with van der Waals surface area (Å²) in [5.74, 6) is -0.182. The topological polar surface area (TPSA) is 15.3 Å². The minimum atomic E-state index is -0.182. The van der Waals surface area contributed by atoms with Crippen molar-refractivity contribution in [1.29, 1.82) is 0 Å². The number of likely N-dealkylation sites (tertiary alicyclic amines) is 1. The van der Waals surface area contributed by atoms with Crippen molar-refractivity contribution < 1.29 is 4.39 Å². The Morgan fingerprint density at radius 1 is 1.42 bits per heavy atom. The summed E-state index contributed by atoms with van der Waals surface area (Å²) in [5, 5.41) is 3.44. The van der Waals surface area contributed by atoms with Gasteiger partial charge in [-0.25, -0.2) is 4.39 Å². The fraction of sp³-hybridized carbons (Fsp3) is 0.600. The molecule has 0 bridgehead atoms. The quantitative estimate of drug-likeness (QED) is 0.889. The highest BCUT2D eigenvalue weighted by atomic mass is 79.9. The number of nitrogens with one attached hydrogen (secondary N) is 1. The van der Waals surface area contributed by atoms with Gasteiger partial charge in [-0.2, -0.15) is 0 Å². The fourth-order valence-electron chi connectivity index (χ4n) is 2.68. The van der Waals surface area contributed by atoms with E-state index in [4.69, 9.17) is 0 Å². The van der Waals surface area contributed by atoms with Gasteiger partial charge in [-0.1, -0.05) is 35.3 Å². The highest BCUT2D eigenvalue weighted by Gasteiger charge is 2.22. The van der Waals surface area contributed by atoms with Crippen molar-refractivity contribution in [3.8, 4) is 0 Å². The summed E-state index contributed by atoms with van der Waals surface area (Å²) in [7, 11) is 0. The van der Waals surface area contributed by atoms with E-state index in [0.717, 1.165) is 30.7 Å². The van der Waals surface area contributed by atoms with E-state index in [9.17, 15) is 4.39 Å². The molecule has 0 spiro atoms. The lowest BCUT2D eigenvalue weighted by Gasteiger charge is -2.36. The Labute approximate surface area is 123 Å². The van der Waals surface area contributed by atoms with Crippen molar-refractivity contribution in [3.05, 3.63) is 34.1 Å². The molecule has 106 valence electrons. The number of hydrogen-bond acceptors (Lipinski definition) is 2. The van der Waals surface area contributed by atoms with E-state index in [1.165, 1.54) is 24.8 Å². The van der Waals surface area contributed by atoms with E-state index < -0.39 is 0 Å². The zero-order valence-corrected chi connectivity index (χ0v) is 13.0. The smallest absolute Gasteiger partial charge is 0.124 e. The van der Waals surface area contributed by atoms with Gasteiger partial charge >= 0.3 is 0 Å². The molecule has 0 aliphatic carbocycles. The molecule has 1 atom stereocenters. The zero-order chi connectivity index (χ0) is 13.7. The second kappa shape index (κ2) is 7.36. The lowest BCUT2D eigenvalue weighted by Crippen LogP contribution is -2.45. The van der Waals surface area contributed by atoms with Gasteiger partial charge in [-0.3, -0.25) is 4.90 Å². The normalized spacial score (nSPS) is 20.7. The summed E-state index contributed by atoms with van der Waals surface area (Å²) < 4.78 is 14.0. The lowest BCUT2D eigenvalue weighted by molar-refractivity contribution is 0.138. The predicted molar refractivity (Wildman–Crippen MR) is 80.7 cm³/mol. The van der Waals surface area contributed by atoms with Gasteiger partial charge < -0.3 is 5.32 Å². The number of piperidine rings is 1. The van der Waals surface area contributed by atoms with Crippen LogP contribution in [0.5, 0.6) is 0 Å². The monoisotopic (exact) mass is 328 g/mol. The molecule has 1 N–H and O–H groups in total. The Kier molecular flexibility index (Phi) is 5.79. The van der Waals surface area contributed by atoms with Crippen molar-refractivity contribution >= 4 is 15.9 Å². The summed E-state index contributed by atoms with van der Waals surface area (Å²) in [6.45, 7) is 6.25. The Morgan fingerprint density at radius 3 is 3.00 bits per heavy atom. The van der Waals surface area contributed by atoms with E-state index in [-0.39, 0.29) is 5.82 Å². The van der Waals surface area contributed by atoms with Crippen LogP contribution < -0.4 is 5.32 Å². The molecule has 1 unspecified atom stereocenters. The van der Waals surface area contributed by atoms with Crippen molar-refractivity contribution in [1.82, 2.24) is 10.2 Å². The van der Waals surface area contributed by atoms with E-state index >= 15 is 0 Å². The van der Waals surface area contributed by atoms with Crippen molar-refractivity contribution in [3.63, 3.8) is 0 Å². The fourth-order valence-corrected chi connectivity index (χ4v) is 3.16. The summed E-state index contributed by atoms with van der Waals surface area (Å²) in [6.07, 6.45) is 3.84. The van der Waals surface area contributed by atoms with Crippen LogP contribution in [0.4, 0.5) is 4.39 Å². The summed E-state index contributed by atoms with van der Waals surface area (Å²) in [6, 6.07) is 5.59. The van der Waals surface area contributed by atoms with Crippen LogP contribution in [0.25, 0.3) is 0 Å². The van der Waals surface area contributed by atoms with E-state index in [1.54, 1.807) is 12.1 Å². The largest absolute Gasteiger partial charge is 0.315 e. The maximum atomic E-state index is 13.1. The molecule has 2 rings (SSSR count). The number of hydrogen-bond donors (Lipinski definition) is 1. The molecule has 1 saturated heterocycles. The van der Waals surface area contributed by atoms with Crippen LogP contribution in [-0.4, -0.2) is 30.6 Å². The average Bonchev–Trinajstić information content (AvgIpc) is 2.41. The van der Waals surface area contributed by atoms with Crippen LogP contribution in [0, 0.1) is 5.82 Å². The van der Waals surface area contributed by atoms with Gasteiger partial charge in [-0.15, -0.1) is 0 Å². The Balaban J connectivity index is 2.02. The molecule has 1 aromatic rings. The second-order valence-electron chi connectivity index (χ2n) is 5.16. The van der Waals surface area contributed by atoms with Crippen LogP contribution in [0.3, 0.4) is 0 Å². The molecule has 4 heteroatoms. The highest BCUT2D eigenvalue weighted by molar-refractivity contribution is 9.10. The van der Waals surface area contributed by atoms with Gasteiger partial charge in [0.25, 0.3) is 0 Å². The molecule has 0 amide bonds. The van der Waals surface area contributed by atoms with Crippen molar-refractivity contribution in [2.75, 3.05) is 19.6 Å². The SMILES string of the molecule is CCNCC1CCCCN1Cc1ccc(F)cc1Br. The number of nitrogens with zero attached hydrogens (tertiary/aromatic N) is 1. The first-order chi connectivity index (χ1) is 9.20. The van der Waals surface area contributed by atoms with Gasteiger partial charge in [0.15, 0.2) is 0 Å². The number of likely N-dealkylation sites (N-methyl/N-ethyl adjacent to an activating group) is 1. The molecular formula is C15H22BrFN2. The van der Waals surface area contributed by atoms with Gasteiger partial charge in [0, 0.05) is 23.6 Å². The van der Waals surface area contributed by atoms with E-state index in [1.807, 2.05) is 6.07 Å². The molecule has 1 aliphatic heterocycles. The second-order valence-corrected chi connectivity index (χ2v) is 6.02. The molecule has 0 radical (unpaired) electrons. The molecule has 1 aliphatic rings. The van der Waals surface area contributed by atoms with Crippen LogP contribution in [0.2, 0.25) is 0 Å². The molecule has 0 saturated carbocycles. The van der Waals surface area contributed by atoms with Crippen LogP contribution >= 0.6 is 15.9 Å². The molecule has 0 aromatic heterocycles. The summed E-state index contributed by atoms with van der Waals surface area (Å²) in [5.41, 5.74) is 1.17. The first kappa shape index (κ1) is 14.9. The zero-order valence-electron chi connectivity index (χ0n) is 11.5. The maximum absolute atomic E-state index is 13.1. The maximum Gasteiger partial charge on any atom is 0.124 e. The van der Waals surface area contributed by atoms with E-state index in [0.29, 0.717) is 6.04 Å². The van der Waals surface area contributed by atoms with Crippen molar-refractivity contribution in [2.45, 2.75) is 38.8 Å². The first-order valence-electron chi connectivity index (χ1n) is 7.09. The third kappa shape index (κ3) is 4.26. The van der Waals surface area contributed by atoms with Gasteiger partial charge in [0.05, 0.1) is 0 Å². The number of halogens is 2. The summed E-state index contributed by atoms with van der Waals surface area (Å²) >= 11 is 3.46. The lowest BCUT2D eigenvalue weighted by atomic mass is 10.0. The minimum absolute atomic E-state index is 0.182. The van der Waals surface area contributed by atoms with Gasteiger partial charge in [0.1, 0.15) is 5.82 Å². The Morgan fingerprint density at radius 2 is 2.26 bits per heavy atom. The Hall–Kier alpha value is -0.450.